The molecular weight excluding hydrogens is 332 g/mol. The second kappa shape index (κ2) is 6.63. The van der Waals surface area contributed by atoms with Gasteiger partial charge in [-0.1, -0.05) is 23.7 Å². The first-order valence-corrected chi connectivity index (χ1v) is 6.85. The molecule has 0 atom stereocenters. The highest BCUT2D eigenvalue weighted by atomic mass is 79.9. The lowest BCUT2D eigenvalue weighted by Crippen LogP contribution is -2.30. The Kier molecular flexibility index (Phi) is 4.87. The zero-order valence-corrected chi connectivity index (χ0v) is 12.3. The molecule has 2 rings (SSSR count). The standard InChI is InChI=1S/C13H12BrClN2O2/c14-11-5-6-12(19-11)17-13(18)16-8-7-9-1-3-10(15)4-2-9/h1-6H,7-8H2,(H2,16,17,18). The molecule has 0 saturated heterocycles. The smallest absolute Gasteiger partial charge is 0.321 e. The molecule has 0 radical (unpaired) electrons. The summed E-state index contributed by atoms with van der Waals surface area (Å²) < 4.78 is 5.74. The van der Waals surface area contributed by atoms with Gasteiger partial charge in [-0.05, 0) is 46.1 Å². The molecule has 0 bridgehead atoms. The largest absolute Gasteiger partial charge is 0.434 e. The highest BCUT2D eigenvalue weighted by Gasteiger charge is 2.04. The van der Waals surface area contributed by atoms with E-state index >= 15 is 0 Å². The van der Waals surface area contributed by atoms with Gasteiger partial charge in [0.25, 0.3) is 0 Å². The predicted octanol–water partition coefficient (Wildman–Crippen LogP) is 4.06. The number of rotatable bonds is 4. The Labute approximate surface area is 124 Å². The number of hydrogen-bond donors (Lipinski definition) is 2. The van der Waals surface area contributed by atoms with Gasteiger partial charge in [-0.15, -0.1) is 0 Å². The maximum atomic E-state index is 11.5. The van der Waals surface area contributed by atoms with Crippen LogP contribution in [0.4, 0.5) is 10.7 Å². The molecule has 2 aromatic rings. The van der Waals surface area contributed by atoms with E-state index in [-0.39, 0.29) is 6.03 Å². The Morgan fingerprint density at radius 3 is 2.58 bits per heavy atom. The Bertz CT molecular complexity index is 554. The molecule has 1 heterocycles. The van der Waals surface area contributed by atoms with Gasteiger partial charge < -0.3 is 9.73 Å². The van der Waals surface area contributed by atoms with E-state index in [1.54, 1.807) is 12.1 Å². The second-order valence-corrected chi connectivity index (χ2v) is 5.08. The van der Waals surface area contributed by atoms with E-state index in [2.05, 4.69) is 26.6 Å². The SMILES string of the molecule is O=C(NCCc1ccc(Cl)cc1)Nc1ccc(Br)o1. The predicted molar refractivity (Wildman–Crippen MR) is 78.6 cm³/mol. The zero-order chi connectivity index (χ0) is 13.7. The number of anilines is 1. The van der Waals surface area contributed by atoms with Crippen LogP contribution in [-0.4, -0.2) is 12.6 Å². The van der Waals surface area contributed by atoms with E-state index in [4.69, 9.17) is 16.0 Å². The van der Waals surface area contributed by atoms with Crippen molar-refractivity contribution in [1.82, 2.24) is 5.32 Å². The highest BCUT2D eigenvalue weighted by molar-refractivity contribution is 9.10. The van der Waals surface area contributed by atoms with Crippen molar-refractivity contribution in [2.24, 2.45) is 0 Å². The number of nitrogens with one attached hydrogen (secondary N) is 2. The third-order valence-electron chi connectivity index (χ3n) is 2.42. The van der Waals surface area contributed by atoms with E-state index in [0.717, 1.165) is 12.0 Å². The third-order valence-corrected chi connectivity index (χ3v) is 3.10. The maximum absolute atomic E-state index is 11.5. The molecular formula is C13H12BrClN2O2. The number of benzene rings is 1. The van der Waals surface area contributed by atoms with Gasteiger partial charge in [0.15, 0.2) is 4.67 Å². The van der Waals surface area contributed by atoms with E-state index in [1.807, 2.05) is 24.3 Å². The fourth-order valence-corrected chi connectivity index (χ4v) is 1.94. The van der Waals surface area contributed by atoms with Gasteiger partial charge in [0.05, 0.1) is 0 Å². The van der Waals surface area contributed by atoms with Crippen LogP contribution in [0.15, 0.2) is 45.5 Å². The molecule has 1 aromatic carbocycles. The van der Waals surface area contributed by atoms with Crippen LogP contribution in [-0.2, 0) is 6.42 Å². The van der Waals surface area contributed by atoms with Gasteiger partial charge in [-0.3, -0.25) is 5.32 Å². The average Bonchev–Trinajstić information content (AvgIpc) is 2.77. The fourth-order valence-electron chi connectivity index (χ4n) is 1.51. The summed E-state index contributed by atoms with van der Waals surface area (Å²) in [5, 5.41) is 6.04. The molecule has 100 valence electrons. The van der Waals surface area contributed by atoms with Crippen LogP contribution in [0.1, 0.15) is 5.56 Å². The van der Waals surface area contributed by atoms with Crippen LogP contribution < -0.4 is 10.6 Å². The fraction of sp³-hybridized carbons (Fsp3) is 0.154. The maximum Gasteiger partial charge on any atom is 0.321 e. The molecule has 0 aliphatic rings. The highest BCUT2D eigenvalue weighted by Crippen LogP contribution is 2.17. The van der Waals surface area contributed by atoms with Crippen molar-refractivity contribution in [2.75, 3.05) is 11.9 Å². The molecule has 0 fully saturated rings. The van der Waals surface area contributed by atoms with E-state index in [9.17, 15) is 4.79 Å². The molecule has 19 heavy (non-hydrogen) atoms. The molecule has 0 saturated carbocycles. The van der Waals surface area contributed by atoms with E-state index < -0.39 is 0 Å². The molecule has 6 heteroatoms. The van der Waals surface area contributed by atoms with Crippen molar-refractivity contribution >= 4 is 39.4 Å². The van der Waals surface area contributed by atoms with Crippen LogP contribution in [0.3, 0.4) is 0 Å². The molecule has 0 aliphatic carbocycles. The Morgan fingerprint density at radius 2 is 1.95 bits per heavy atom. The molecule has 4 nitrogen and oxygen atoms in total. The second-order valence-electron chi connectivity index (χ2n) is 3.86. The number of hydrogen-bond acceptors (Lipinski definition) is 2. The molecule has 2 amide bonds. The summed E-state index contributed by atoms with van der Waals surface area (Å²) >= 11 is 8.96. The van der Waals surface area contributed by atoms with Crippen LogP contribution in [0.5, 0.6) is 0 Å². The van der Waals surface area contributed by atoms with E-state index in [0.29, 0.717) is 22.1 Å². The lowest BCUT2D eigenvalue weighted by atomic mass is 10.1. The summed E-state index contributed by atoms with van der Waals surface area (Å²) in [5.41, 5.74) is 1.12. The first-order valence-electron chi connectivity index (χ1n) is 5.68. The number of furan rings is 1. The molecule has 1 aromatic heterocycles. The minimum absolute atomic E-state index is 0.296. The Hall–Kier alpha value is -1.46. The van der Waals surface area contributed by atoms with Crippen molar-refractivity contribution < 1.29 is 9.21 Å². The monoisotopic (exact) mass is 342 g/mol. The van der Waals surface area contributed by atoms with Crippen molar-refractivity contribution in [3.05, 3.63) is 51.7 Å². The molecule has 0 spiro atoms. The number of urea groups is 1. The third kappa shape index (κ3) is 4.61. The van der Waals surface area contributed by atoms with Gasteiger partial charge >= 0.3 is 6.03 Å². The lowest BCUT2D eigenvalue weighted by molar-refractivity contribution is 0.251. The summed E-state index contributed by atoms with van der Waals surface area (Å²) in [7, 11) is 0. The normalized spacial score (nSPS) is 10.2. The quantitative estimate of drug-likeness (QED) is 0.879. The van der Waals surface area contributed by atoms with Crippen LogP contribution in [0.25, 0.3) is 0 Å². The molecule has 0 aliphatic heterocycles. The minimum Gasteiger partial charge on any atom is -0.434 e. The van der Waals surface area contributed by atoms with Gasteiger partial charge in [-0.25, -0.2) is 4.79 Å². The first kappa shape index (κ1) is 14.0. The van der Waals surface area contributed by atoms with Crippen LogP contribution in [0, 0.1) is 0 Å². The summed E-state index contributed by atoms with van der Waals surface area (Å²) in [6.45, 7) is 0.537. The summed E-state index contributed by atoms with van der Waals surface area (Å²) in [6.07, 6.45) is 0.742. The van der Waals surface area contributed by atoms with Crippen molar-refractivity contribution in [3.8, 4) is 0 Å². The molecule has 0 unspecified atom stereocenters. The van der Waals surface area contributed by atoms with Gasteiger partial charge in [0.2, 0.25) is 5.88 Å². The number of amides is 2. The number of halogens is 2. The Morgan fingerprint density at radius 1 is 1.21 bits per heavy atom. The summed E-state index contributed by atoms with van der Waals surface area (Å²) in [6, 6.07) is 10.6. The number of carbonyl (C=O) groups is 1. The molecule has 2 N–H and O–H groups in total. The van der Waals surface area contributed by atoms with Gasteiger partial charge in [0.1, 0.15) is 0 Å². The van der Waals surface area contributed by atoms with Crippen LogP contribution in [0.2, 0.25) is 5.02 Å². The van der Waals surface area contributed by atoms with Crippen molar-refractivity contribution in [1.29, 1.82) is 0 Å². The zero-order valence-electron chi connectivity index (χ0n) is 9.95. The topological polar surface area (TPSA) is 54.3 Å². The van der Waals surface area contributed by atoms with Gasteiger partial charge in [-0.2, -0.15) is 0 Å². The minimum atomic E-state index is -0.296. The average molecular weight is 344 g/mol. The summed E-state index contributed by atoms with van der Waals surface area (Å²) in [4.78, 5) is 11.5. The van der Waals surface area contributed by atoms with Crippen molar-refractivity contribution in [2.45, 2.75) is 6.42 Å². The van der Waals surface area contributed by atoms with E-state index in [1.165, 1.54) is 0 Å². The van der Waals surface area contributed by atoms with Crippen LogP contribution >= 0.6 is 27.5 Å². The summed E-state index contributed by atoms with van der Waals surface area (Å²) in [5.74, 6) is 0.399. The Balaban J connectivity index is 1.73. The van der Waals surface area contributed by atoms with Crippen molar-refractivity contribution in [3.63, 3.8) is 0 Å². The number of carbonyl (C=O) groups excluding carboxylic acids is 1. The first-order chi connectivity index (χ1) is 9.13. The van der Waals surface area contributed by atoms with Gasteiger partial charge in [0, 0.05) is 17.6 Å². The lowest BCUT2D eigenvalue weighted by Gasteiger charge is -2.05.